The molecule has 25 heavy (non-hydrogen) atoms. The van der Waals surface area contributed by atoms with Gasteiger partial charge in [-0.25, -0.2) is 0 Å². The predicted octanol–water partition coefficient (Wildman–Crippen LogP) is 2.77. The van der Waals surface area contributed by atoms with E-state index < -0.39 is 0 Å². The van der Waals surface area contributed by atoms with Crippen molar-refractivity contribution in [2.45, 2.75) is 57.5 Å². The molecule has 0 spiro atoms. The Labute approximate surface area is 150 Å². The Bertz CT molecular complexity index is 614. The van der Waals surface area contributed by atoms with Crippen molar-refractivity contribution in [2.24, 2.45) is 5.92 Å². The van der Waals surface area contributed by atoms with Gasteiger partial charge in [0, 0.05) is 37.8 Å². The molecule has 1 aromatic carbocycles. The van der Waals surface area contributed by atoms with Crippen molar-refractivity contribution in [3.8, 4) is 0 Å². The van der Waals surface area contributed by atoms with Gasteiger partial charge in [0.2, 0.25) is 11.8 Å². The number of hydrogen-bond donors (Lipinski definition) is 2. The molecule has 2 N–H and O–H groups in total. The first kappa shape index (κ1) is 17.9. The molecule has 3 atom stereocenters. The molecule has 5 nitrogen and oxygen atoms in total. The first-order chi connectivity index (χ1) is 12.1. The fourth-order valence-corrected chi connectivity index (χ4v) is 4.11. The molecule has 2 amide bonds. The maximum atomic E-state index is 12.1. The number of benzene rings is 1. The van der Waals surface area contributed by atoms with E-state index in [1.807, 2.05) is 17.0 Å². The average molecular weight is 343 g/mol. The third kappa shape index (κ3) is 4.03. The Morgan fingerprint density at radius 1 is 1.16 bits per heavy atom. The SMILES string of the molecule is CNC(=O)C1CCCCC1NC(C)c1ccc(N2CCCC2=O)cc1. The highest BCUT2D eigenvalue weighted by Gasteiger charge is 2.31. The summed E-state index contributed by atoms with van der Waals surface area (Å²) in [4.78, 5) is 25.9. The van der Waals surface area contributed by atoms with Crippen molar-refractivity contribution in [3.63, 3.8) is 0 Å². The van der Waals surface area contributed by atoms with Crippen molar-refractivity contribution in [3.05, 3.63) is 29.8 Å². The normalized spacial score (nSPS) is 25.0. The molecule has 0 bridgehead atoms. The first-order valence-corrected chi connectivity index (χ1v) is 9.48. The van der Waals surface area contributed by atoms with Crippen LogP contribution in [-0.4, -0.2) is 31.4 Å². The van der Waals surface area contributed by atoms with Gasteiger partial charge < -0.3 is 15.5 Å². The molecule has 136 valence electrons. The molecule has 2 fully saturated rings. The second-order valence-electron chi connectivity index (χ2n) is 7.24. The largest absolute Gasteiger partial charge is 0.359 e. The number of carbonyl (C=O) groups is 2. The molecular weight excluding hydrogens is 314 g/mol. The van der Waals surface area contributed by atoms with Crippen LogP contribution < -0.4 is 15.5 Å². The summed E-state index contributed by atoms with van der Waals surface area (Å²) in [5.74, 6) is 0.421. The summed E-state index contributed by atoms with van der Waals surface area (Å²) in [7, 11) is 1.72. The Morgan fingerprint density at radius 2 is 1.88 bits per heavy atom. The lowest BCUT2D eigenvalue weighted by molar-refractivity contribution is -0.126. The van der Waals surface area contributed by atoms with Crippen LogP contribution in [0.25, 0.3) is 0 Å². The highest BCUT2D eigenvalue weighted by Crippen LogP contribution is 2.28. The minimum Gasteiger partial charge on any atom is -0.359 e. The van der Waals surface area contributed by atoms with Crippen molar-refractivity contribution in [1.82, 2.24) is 10.6 Å². The molecule has 1 heterocycles. The average Bonchev–Trinajstić information content (AvgIpc) is 3.07. The van der Waals surface area contributed by atoms with E-state index in [-0.39, 0.29) is 29.8 Å². The van der Waals surface area contributed by atoms with Gasteiger partial charge in [0.1, 0.15) is 0 Å². The van der Waals surface area contributed by atoms with E-state index in [9.17, 15) is 9.59 Å². The van der Waals surface area contributed by atoms with Crippen LogP contribution in [0.3, 0.4) is 0 Å². The molecule has 3 unspecified atom stereocenters. The zero-order valence-electron chi connectivity index (χ0n) is 15.3. The van der Waals surface area contributed by atoms with Crippen molar-refractivity contribution in [2.75, 3.05) is 18.5 Å². The van der Waals surface area contributed by atoms with E-state index in [1.54, 1.807) is 7.05 Å². The smallest absolute Gasteiger partial charge is 0.227 e. The van der Waals surface area contributed by atoms with E-state index in [4.69, 9.17) is 0 Å². The quantitative estimate of drug-likeness (QED) is 0.864. The van der Waals surface area contributed by atoms with Gasteiger partial charge in [0.25, 0.3) is 0 Å². The minimum atomic E-state index is 0.0581. The van der Waals surface area contributed by atoms with Gasteiger partial charge in [0.15, 0.2) is 0 Å². The van der Waals surface area contributed by atoms with Crippen molar-refractivity contribution < 1.29 is 9.59 Å². The molecule has 0 radical (unpaired) electrons. The predicted molar refractivity (Wildman–Crippen MR) is 99.4 cm³/mol. The lowest BCUT2D eigenvalue weighted by atomic mass is 9.83. The summed E-state index contributed by atoms with van der Waals surface area (Å²) >= 11 is 0. The third-order valence-electron chi connectivity index (χ3n) is 5.59. The summed E-state index contributed by atoms with van der Waals surface area (Å²) in [6.07, 6.45) is 5.91. The van der Waals surface area contributed by atoms with E-state index in [1.165, 1.54) is 12.0 Å². The fourth-order valence-electron chi connectivity index (χ4n) is 4.11. The van der Waals surface area contributed by atoms with Crippen LogP contribution in [0.1, 0.15) is 57.1 Å². The Morgan fingerprint density at radius 3 is 2.52 bits per heavy atom. The van der Waals surface area contributed by atoms with Crippen LogP contribution in [0.15, 0.2) is 24.3 Å². The third-order valence-corrected chi connectivity index (χ3v) is 5.59. The van der Waals surface area contributed by atoms with Gasteiger partial charge in [-0.05, 0) is 43.9 Å². The maximum Gasteiger partial charge on any atom is 0.227 e. The second-order valence-corrected chi connectivity index (χ2v) is 7.24. The van der Waals surface area contributed by atoms with Crippen LogP contribution in [-0.2, 0) is 9.59 Å². The van der Waals surface area contributed by atoms with Crippen LogP contribution in [0.2, 0.25) is 0 Å². The van der Waals surface area contributed by atoms with E-state index in [0.717, 1.165) is 37.9 Å². The lowest BCUT2D eigenvalue weighted by Gasteiger charge is -2.33. The maximum absolute atomic E-state index is 12.1. The van der Waals surface area contributed by atoms with Crippen LogP contribution in [0, 0.1) is 5.92 Å². The molecule has 1 aliphatic heterocycles. The van der Waals surface area contributed by atoms with Crippen molar-refractivity contribution >= 4 is 17.5 Å². The zero-order chi connectivity index (χ0) is 17.8. The lowest BCUT2D eigenvalue weighted by Crippen LogP contribution is -2.46. The number of nitrogens with zero attached hydrogens (tertiary/aromatic N) is 1. The van der Waals surface area contributed by atoms with E-state index in [0.29, 0.717) is 6.42 Å². The molecule has 1 saturated carbocycles. The minimum absolute atomic E-state index is 0.0581. The molecule has 1 aliphatic carbocycles. The van der Waals surface area contributed by atoms with Crippen molar-refractivity contribution in [1.29, 1.82) is 0 Å². The van der Waals surface area contributed by atoms with Crippen LogP contribution >= 0.6 is 0 Å². The molecule has 2 aliphatic rings. The molecule has 0 aromatic heterocycles. The van der Waals surface area contributed by atoms with Gasteiger partial charge in [-0.3, -0.25) is 9.59 Å². The van der Waals surface area contributed by atoms with Gasteiger partial charge in [-0.1, -0.05) is 25.0 Å². The summed E-state index contributed by atoms with van der Waals surface area (Å²) in [6, 6.07) is 8.66. The summed E-state index contributed by atoms with van der Waals surface area (Å²) < 4.78 is 0. The van der Waals surface area contributed by atoms with E-state index in [2.05, 4.69) is 29.7 Å². The second kappa shape index (κ2) is 8.00. The summed E-state index contributed by atoms with van der Waals surface area (Å²) in [5.41, 5.74) is 2.18. The number of hydrogen-bond acceptors (Lipinski definition) is 3. The first-order valence-electron chi connectivity index (χ1n) is 9.48. The van der Waals surface area contributed by atoms with Gasteiger partial charge in [-0.2, -0.15) is 0 Å². The van der Waals surface area contributed by atoms with E-state index >= 15 is 0 Å². The zero-order valence-corrected chi connectivity index (χ0v) is 15.3. The molecule has 5 heteroatoms. The van der Waals surface area contributed by atoms with Crippen LogP contribution in [0.4, 0.5) is 5.69 Å². The Kier molecular flexibility index (Phi) is 5.74. The Balaban J connectivity index is 1.65. The van der Waals surface area contributed by atoms with Crippen LogP contribution in [0.5, 0.6) is 0 Å². The number of anilines is 1. The number of rotatable bonds is 5. The highest BCUT2D eigenvalue weighted by atomic mass is 16.2. The standard InChI is InChI=1S/C20H29N3O2/c1-14(22-18-7-4-3-6-17(18)20(25)21-2)15-9-11-16(12-10-15)23-13-5-8-19(23)24/h9-12,14,17-18,22H,3-8,13H2,1-2H3,(H,21,25). The summed E-state index contributed by atoms with van der Waals surface area (Å²) in [6.45, 7) is 2.97. The topological polar surface area (TPSA) is 61.4 Å². The highest BCUT2D eigenvalue weighted by molar-refractivity contribution is 5.95. The monoisotopic (exact) mass is 343 g/mol. The van der Waals surface area contributed by atoms with Gasteiger partial charge in [-0.15, -0.1) is 0 Å². The molecule has 1 aromatic rings. The fraction of sp³-hybridized carbons (Fsp3) is 0.600. The number of amides is 2. The molecule has 1 saturated heterocycles. The summed E-state index contributed by atoms with van der Waals surface area (Å²) in [5, 5.41) is 6.46. The molecular formula is C20H29N3O2. The number of carbonyl (C=O) groups excluding carboxylic acids is 2. The molecule has 3 rings (SSSR count). The van der Waals surface area contributed by atoms with Gasteiger partial charge in [0.05, 0.1) is 5.92 Å². The number of nitrogens with one attached hydrogen (secondary N) is 2. The Hall–Kier alpha value is -1.88. The van der Waals surface area contributed by atoms with Gasteiger partial charge >= 0.3 is 0 Å².